The summed E-state index contributed by atoms with van der Waals surface area (Å²) in [6, 6.07) is 2.75. The third-order valence-electron chi connectivity index (χ3n) is 1.99. The zero-order valence-electron chi connectivity index (χ0n) is 8.14. The Balaban J connectivity index is 2.58. The van der Waals surface area contributed by atoms with Gasteiger partial charge in [-0.05, 0) is 13.0 Å². The fraction of sp³-hybridized carbons (Fsp3) is 0.222. The predicted octanol–water partition coefficient (Wildman–Crippen LogP) is 0.359. The van der Waals surface area contributed by atoms with Crippen molar-refractivity contribution in [2.45, 2.75) is 13.5 Å². The highest BCUT2D eigenvalue weighted by atomic mass is 16.3. The van der Waals surface area contributed by atoms with E-state index in [4.69, 9.17) is 0 Å². The van der Waals surface area contributed by atoms with Crippen LogP contribution in [0.2, 0.25) is 0 Å². The Hall–Kier alpha value is -2.11. The Labute approximate surface area is 85.2 Å². The fourth-order valence-electron chi connectivity index (χ4n) is 1.35. The molecule has 2 aromatic rings. The van der Waals surface area contributed by atoms with Crippen LogP contribution < -0.4 is 5.56 Å². The van der Waals surface area contributed by atoms with Gasteiger partial charge in [-0.15, -0.1) is 0 Å². The van der Waals surface area contributed by atoms with Crippen LogP contribution in [0.4, 0.5) is 0 Å². The first-order valence-corrected chi connectivity index (χ1v) is 4.53. The molecule has 6 heteroatoms. The summed E-state index contributed by atoms with van der Waals surface area (Å²) in [4.78, 5) is 17.5. The molecule has 0 aliphatic carbocycles. The van der Waals surface area contributed by atoms with E-state index < -0.39 is 0 Å². The van der Waals surface area contributed by atoms with Gasteiger partial charge in [0.1, 0.15) is 5.69 Å². The minimum Gasteiger partial charge on any atom is -0.493 e. The van der Waals surface area contributed by atoms with E-state index in [9.17, 15) is 9.90 Å². The highest BCUT2D eigenvalue weighted by molar-refractivity contribution is 5.49. The van der Waals surface area contributed by atoms with E-state index in [1.807, 2.05) is 6.92 Å². The lowest BCUT2D eigenvalue weighted by molar-refractivity contribution is 0.451. The molecule has 0 aliphatic heterocycles. The average molecular weight is 206 g/mol. The van der Waals surface area contributed by atoms with Crippen LogP contribution in [-0.2, 0) is 6.54 Å². The lowest BCUT2D eigenvalue weighted by Gasteiger charge is -2.03. The molecule has 0 saturated heterocycles. The summed E-state index contributed by atoms with van der Waals surface area (Å²) in [5.74, 6) is 0.0250. The number of aromatic hydroxyl groups is 1. The average Bonchev–Trinajstić information content (AvgIpc) is 2.63. The van der Waals surface area contributed by atoms with E-state index in [-0.39, 0.29) is 11.4 Å². The molecule has 0 bridgehead atoms. The minimum absolute atomic E-state index is 0.294. The number of nitrogens with zero attached hydrogens (tertiary/aromatic N) is 3. The SMILES string of the molecule is CCn1nccc1-c1nc(O)cc(=O)[nH]1. The lowest BCUT2D eigenvalue weighted by atomic mass is 10.4. The van der Waals surface area contributed by atoms with Gasteiger partial charge in [0, 0.05) is 12.7 Å². The monoisotopic (exact) mass is 206 g/mol. The normalized spacial score (nSPS) is 10.5. The molecular weight excluding hydrogens is 196 g/mol. The first-order valence-electron chi connectivity index (χ1n) is 4.53. The van der Waals surface area contributed by atoms with E-state index in [1.54, 1.807) is 16.9 Å². The number of rotatable bonds is 2. The van der Waals surface area contributed by atoms with Crippen LogP contribution in [0.5, 0.6) is 5.88 Å². The van der Waals surface area contributed by atoms with Gasteiger partial charge in [0.15, 0.2) is 5.82 Å². The summed E-state index contributed by atoms with van der Waals surface area (Å²) >= 11 is 0. The van der Waals surface area contributed by atoms with Crippen LogP contribution in [0.25, 0.3) is 11.5 Å². The second kappa shape index (κ2) is 3.56. The quantitative estimate of drug-likeness (QED) is 0.743. The molecule has 0 aromatic carbocycles. The minimum atomic E-state index is -0.388. The summed E-state index contributed by atoms with van der Waals surface area (Å²) in [6.45, 7) is 2.60. The number of aromatic amines is 1. The maximum absolute atomic E-state index is 11.1. The molecule has 0 amide bonds. The first kappa shape index (κ1) is 9.45. The van der Waals surface area contributed by atoms with Gasteiger partial charge in [-0.25, -0.2) is 0 Å². The summed E-state index contributed by atoms with van der Waals surface area (Å²) in [7, 11) is 0. The van der Waals surface area contributed by atoms with Crippen molar-refractivity contribution in [2.24, 2.45) is 0 Å². The maximum Gasteiger partial charge on any atom is 0.255 e. The molecular formula is C9H10N4O2. The number of hydrogen-bond donors (Lipinski definition) is 2. The Morgan fingerprint density at radius 1 is 1.60 bits per heavy atom. The van der Waals surface area contributed by atoms with Crippen molar-refractivity contribution in [1.82, 2.24) is 19.7 Å². The van der Waals surface area contributed by atoms with Gasteiger partial charge in [0.25, 0.3) is 5.56 Å². The molecule has 2 aromatic heterocycles. The standard InChI is InChI=1S/C9H10N4O2/c1-2-13-6(3-4-10-13)9-11-7(14)5-8(15)12-9/h3-5H,2H2,1H3,(H2,11,12,14,15). The number of nitrogens with one attached hydrogen (secondary N) is 1. The molecule has 0 atom stereocenters. The Morgan fingerprint density at radius 3 is 3.07 bits per heavy atom. The summed E-state index contributed by atoms with van der Waals surface area (Å²) in [6.07, 6.45) is 1.61. The highest BCUT2D eigenvalue weighted by Crippen LogP contribution is 2.14. The fourth-order valence-corrected chi connectivity index (χ4v) is 1.35. The van der Waals surface area contributed by atoms with Crippen LogP contribution >= 0.6 is 0 Å². The first-order chi connectivity index (χ1) is 7.20. The molecule has 0 saturated carbocycles. The number of H-pyrrole nitrogens is 1. The van der Waals surface area contributed by atoms with Gasteiger partial charge in [-0.2, -0.15) is 10.1 Å². The van der Waals surface area contributed by atoms with E-state index >= 15 is 0 Å². The van der Waals surface area contributed by atoms with Gasteiger partial charge in [-0.3, -0.25) is 9.48 Å². The van der Waals surface area contributed by atoms with Gasteiger partial charge < -0.3 is 10.1 Å². The smallest absolute Gasteiger partial charge is 0.255 e. The molecule has 2 N–H and O–H groups in total. The van der Waals surface area contributed by atoms with Crippen molar-refractivity contribution in [1.29, 1.82) is 0 Å². The number of hydrogen-bond acceptors (Lipinski definition) is 4. The molecule has 0 unspecified atom stereocenters. The van der Waals surface area contributed by atoms with Crippen LogP contribution in [0.3, 0.4) is 0 Å². The number of aryl methyl sites for hydroxylation is 1. The largest absolute Gasteiger partial charge is 0.493 e. The molecule has 0 aliphatic rings. The zero-order valence-corrected chi connectivity index (χ0v) is 8.14. The van der Waals surface area contributed by atoms with Crippen molar-refractivity contribution >= 4 is 0 Å². The molecule has 2 heterocycles. The van der Waals surface area contributed by atoms with Crippen molar-refractivity contribution in [3.63, 3.8) is 0 Å². The Kier molecular flexibility index (Phi) is 2.24. The predicted molar refractivity (Wildman–Crippen MR) is 53.4 cm³/mol. The summed E-state index contributed by atoms with van der Waals surface area (Å²) in [5, 5.41) is 13.2. The lowest BCUT2D eigenvalue weighted by Crippen LogP contribution is -2.09. The molecule has 78 valence electrons. The van der Waals surface area contributed by atoms with Gasteiger partial charge in [-0.1, -0.05) is 0 Å². The van der Waals surface area contributed by atoms with Gasteiger partial charge >= 0.3 is 0 Å². The van der Waals surface area contributed by atoms with E-state index in [2.05, 4.69) is 15.1 Å². The zero-order chi connectivity index (χ0) is 10.8. The van der Waals surface area contributed by atoms with Gasteiger partial charge in [0.2, 0.25) is 5.88 Å². The molecule has 15 heavy (non-hydrogen) atoms. The van der Waals surface area contributed by atoms with Crippen LogP contribution in [0.1, 0.15) is 6.92 Å². The molecule has 2 rings (SSSR count). The maximum atomic E-state index is 11.1. The second-order valence-corrected chi connectivity index (χ2v) is 2.98. The van der Waals surface area contributed by atoms with Crippen molar-refractivity contribution in [3.8, 4) is 17.4 Å². The van der Waals surface area contributed by atoms with Crippen molar-refractivity contribution in [2.75, 3.05) is 0 Å². The van der Waals surface area contributed by atoms with Crippen molar-refractivity contribution in [3.05, 3.63) is 28.7 Å². The molecule has 6 nitrogen and oxygen atoms in total. The number of aromatic nitrogens is 4. The molecule has 0 fully saturated rings. The third kappa shape index (κ3) is 1.74. The third-order valence-corrected chi connectivity index (χ3v) is 1.99. The van der Waals surface area contributed by atoms with E-state index in [0.29, 0.717) is 18.1 Å². The van der Waals surface area contributed by atoms with Crippen LogP contribution in [0.15, 0.2) is 23.1 Å². The Bertz CT molecular complexity index is 529. The Morgan fingerprint density at radius 2 is 2.40 bits per heavy atom. The van der Waals surface area contributed by atoms with Crippen LogP contribution in [0, 0.1) is 0 Å². The molecule has 0 radical (unpaired) electrons. The van der Waals surface area contributed by atoms with Crippen molar-refractivity contribution < 1.29 is 5.11 Å². The van der Waals surface area contributed by atoms with E-state index in [1.165, 1.54) is 0 Å². The highest BCUT2D eigenvalue weighted by Gasteiger charge is 2.07. The second-order valence-electron chi connectivity index (χ2n) is 2.98. The van der Waals surface area contributed by atoms with Gasteiger partial charge in [0.05, 0.1) is 6.07 Å². The van der Waals surface area contributed by atoms with Crippen LogP contribution in [-0.4, -0.2) is 24.9 Å². The summed E-state index contributed by atoms with van der Waals surface area (Å²) < 4.78 is 1.68. The topological polar surface area (TPSA) is 83.8 Å². The summed E-state index contributed by atoms with van der Waals surface area (Å²) in [5.41, 5.74) is 0.284. The molecule has 0 spiro atoms. The van der Waals surface area contributed by atoms with E-state index in [0.717, 1.165) is 6.07 Å².